The maximum atomic E-state index is 11.2. The van der Waals surface area contributed by atoms with Crippen molar-refractivity contribution in [3.05, 3.63) is 0 Å². The van der Waals surface area contributed by atoms with Gasteiger partial charge in [0.2, 0.25) is 5.91 Å². The van der Waals surface area contributed by atoms with Gasteiger partial charge in [-0.15, -0.1) is 0 Å². The van der Waals surface area contributed by atoms with Gasteiger partial charge in [0.15, 0.2) is 0 Å². The fourth-order valence-corrected chi connectivity index (χ4v) is 1.41. The Bertz CT molecular complexity index is 145. The highest BCUT2D eigenvalue weighted by molar-refractivity contribution is 5.82. The number of likely N-dealkylation sites (N-methyl/N-ethyl adjacent to an activating group) is 2. The van der Waals surface area contributed by atoms with Crippen molar-refractivity contribution < 1.29 is 4.79 Å². The van der Waals surface area contributed by atoms with Crippen molar-refractivity contribution in [2.75, 3.05) is 19.6 Å². The molecular formula is C8H16N2O. The molecule has 0 unspecified atom stereocenters. The molecule has 1 aliphatic rings. The van der Waals surface area contributed by atoms with Gasteiger partial charge in [-0.05, 0) is 19.9 Å². The second kappa shape index (κ2) is 3.72. The topological polar surface area (TPSA) is 32.3 Å². The number of likely N-dealkylation sites (tertiary alicyclic amines) is 1. The molecule has 0 aromatic carbocycles. The van der Waals surface area contributed by atoms with Crippen LogP contribution in [0.25, 0.3) is 0 Å². The van der Waals surface area contributed by atoms with Crippen molar-refractivity contribution in [1.29, 1.82) is 0 Å². The largest absolute Gasteiger partial charge is 0.355 e. The van der Waals surface area contributed by atoms with Crippen molar-refractivity contribution >= 4 is 5.91 Å². The third-order valence-corrected chi connectivity index (χ3v) is 2.19. The van der Waals surface area contributed by atoms with E-state index >= 15 is 0 Å². The van der Waals surface area contributed by atoms with E-state index in [4.69, 9.17) is 0 Å². The molecule has 1 aliphatic heterocycles. The van der Waals surface area contributed by atoms with E-state index in [0.717, 1.165) is 26.1 Å². The first kappa shape index (κ1) is 8.53. The summed E-state index contributed by atoms with van der Waals surface area (Å²) in [7, 11) is 0. The molecule has 0 bridgehead atoms. The van der Waals surface area contributed by atoms with Crippen LogP contribution in [0, 0.1) is 0 Å². The summed E-state index contributed by atoms with van der Waals surface area (Å²) in [5, 5.41) is 2.83. The fourth-order valence-electron chi connectivity index (χ4n) is 1.41. The zero-order valence-corrected chi connectivity index (χ0v) is 7.26. The molecule has 1 N–H and O–H groups in total. The van der Waals surface area contributed by atoms with Crippen LogP contribution in [0.1, 0.15) is 20.3 Å². The van der Waals surface area contributed by atoms with Crippen LogP contribution in [0.5, 0.6) is 0 Å². The minimum Gasteiger partial charge on any atom is -0.355 e. The molecule has 1 amide bonds. The summed E-state index contributed by atoms with van der Waals surface area (Å²) in [6.07, 6.45) is 1.03. The van der Waals surface area contributed by atoms with Crippen LogP contribution >= 0.6 is 0 Å². The maximum Gasteiger partial charge on any atom is 0.237 e. The molecule has 11 heavy (non-hydrogen) atoms. The van der Waals surface area contributed by atoms with Gasteiger partial charge in [-0.3, -0.25) is 9.69 Å². The summed E-state index contributed by atoms with van der Waals surface area (Å²) in [4.78, 5) is 13.4. The first-order chi connectivity index (χ1) is 5.29. The number of carbonyl (C=O) groups is 1. The van der Waals surface area contributed by atoms with Crippen LogP contribution in [0.2, 0.25) is 0 Å². The third kappa shape index (κ3) is 1.71. The van der Waals surface area contributed by atoms with E-state index in [1.807, 2.05) is 6.92 Å². The highest BCUT2D eigenvalue weighted by Gasteiger charge is 2.31. The molecule has 3 nitrogen and oxygen atoms in total. The summed E-state index contributed by atoms with van der Waals surface area (Å²) in [5.74, 6) is 0.195. The number of nitrogens with one attached hydrogen (secondary N) is 1. The second-order valence-corrected chi connectivity index (χ2v) is 2.83. The number of carbonyl (C=O) groups excluding carboxylic acids is 1. The number of nitrogens with zero attached hydrogens (tertiary/aromatic N) is 1. The molecule has 3 heteroatoms. The highest BCUT2D eigenvalue weighted by Crippen LogP contribution is 2.15. The predicted octanol–water partition coefficient (Wildman–Crippen LogP) is 0.217. The Balaban J connectivity index is 2.30. The molecular weight excluding hydrogens is 140 g/mol. The summed E-state index contributed by atoms with van der Waals surface area (Å²) in [6, 6.07) is 0.167. The standard InChI is InChI=1S/C8H16N2O/c1-3-9-8(11)7-5-6-10(7)4-2/h7H,3-6H2,1-2H3,(H,9,11)/t7-/m0/s1. The van der Waals surface area contributed by atoms with Gasteiger partial charge in [0.05, 0.1) is 6.04 Å². The van der Waals surface area contributed by atoms with Crippen molar-refractivity contribution in [1.82, 2.24) is 10.2 Å². The quantitative estimate of drug-likeness (QED) is 0.634. The molecule has 0 aromatic rings. The van der Waals surface area contributed by atoms with Crippen LogP contribution in [0.4, 0.5) is 0 Å². The fraction of sp³-hybridized carbons (Fsp3) is 0.875. The number of hydrogen-bond acceptors (Lipinski definition) is 2. The molecule has 0 aliphatic carbocycles. The van der Waals surface area contributed by atoms with E-state index < -0.39 is 0 Å². The van der Waals surface area contributed by atoms with E-state index in [0.29, 0.717) is 0 Å². The maximum absolute atomic E-state index is 11.2. The Morgan fingerprint density at radius 1 is 1.64 bits per heavy atom. The Morgan fingerprint density at radius 3 is 2.73 bits per heavy atom. The van der Waals surface area contributed by atoms with Gasteiger partial charge in [0, 0.05) is 13.1 Å². The van der Waals surface area contributed by atoms with Crippen molar-refractivity contribution in [2.45, 2.75) is 26.3 Å². The lowest BCUT2D eigenvalue weighted by molar-refractivity contribution is -0.130. The van der Waals surface area contributed by atoms with Gasteiger partial charge in [0.25, 0.3) is 0 Å². The average Bonchev–Trinajstić information content (AvgIpc) is 1.86. The minimum atomic E-state index is 0.167. The molecule has 0 radical (unpaired) electrons. The minimum absolute atomic E-state index is 0.167. The van der Waals surface area contributed by atoms with Crippen LogP contribution in [-0.2, 0) is 4.79 Å². The van der Waals surface area contributed by atoms with Crippen LogP contribution < -0.4 is 5.32 Å². The molecule has 0 aromatic heterocycles. The zero-order valence-electron chi connectivity index (χ0n) is 7.26. The van der Waals surface area contributed by atoms with Crippen molar-refractivity contribution in [2.24, 2.45) is 0 Å². The van der Waals surface area contributed by atoms with Crippen LogP contribution in [-0.4, -0.2) is 36.5 Å². The van der Waals surface area contributed by atoms with Gasteiger partial charge in [-0.2, -0.15) is 0 Å². The molecule has 0 saturated carbocycles. The molecule has 1 atom stereocenters. The Morgan fingerprint density at radius 2 is 2.36 bits per heavy atom. The molecule has 1 rings (SSSR count). The van der Waals surface area contributed by atoms with Gasteiger partial charge >= 0.3 is 0 Å². The normalized spacial score (nSPS) is 24.4. The molecule has 64 valence electrons. The summed E-state index contributed by atoms with van der Waals surface area (Å²) < 4.78 is 0. The SMILES string of the molecule is CCNC(=O)[C@@H]1CCN1CC. The molecule has 1 saturated heterocycles. The summed E-state index contributed by atoms with van der Waals surface area (Å²) in [6.45, 7) is 6.85. The molecule has 1 heterocycles. The van der Waals surface area contributed by atoms with E-state index in [9.17, 15) is 4.79 Å². The summed E-state index contributed by atoms with van der Waals surface area (Å²) >= 11 is 0. The van der Waals surface area contributed by atoms with Gasteiger partial charge in [-0.25, -0.2) is 0 Å². The Labute approximate surface area is 67.8 Å². The smallest absolute Gasteiger partial charge is 0.237 e. The first-order valence-corrected chi connectivity index (χ1v) is 4.31. The van der Waals surface area contributed by atoms with Gasteiger partial charge in [-0.1, -0.05) is 6.92 Å². The van der Waals surface area contributed by atoms with Crippen LogP contribution in [0.15, 0.2) is 0 Å². The number of amides is 1. The Hall–Kier alpha value is -0.570. The van der Waals surface area contributed by atoms with Crippen molar-refractivity contribution in [3.8, 4) is 0 Å². The zero-order chi connectivity index (χ0) is 8.27. The number of hydrogen-bond donors (Lipinski definition) is 1. The van der Waals surface area contributed by atoms with E-state index in [1.54, 1.807) is 0 Å². The lowest BCUT2D eigenvalue weighted by atomic mass is 10.0. The van der Waals surface area contributed by atoms with E-state index in [2.05, 4.69) is 17.1 Å². The molecule has 0 spiro atoms. The monoisotopic (exact) mass is 156 g/mol. The predicted molar refractivity (Wildman–Crippen MR) is 44.3 cm³/mol. The van der Waals surface area contributed by atoms with E-state index in [1.165, 1.54) is 0 Å². The lowest BCUT2D eigenvalue weighted by Crippen LogP contribution is -2.55. The molecule has 1 fully saturated rings. The average molecular weight is 156 g/mol. The number of rotatable bonds is 3. The van der Waals surface area contributed by atoms with Gasteiger partial charge < -0.3 is 5.32 Å². The van der Waals surface area contributed by atoms with Gasteiger partial charge in [0.1, 0.15) is 0 Å². The first-order valence-electron chi connectivity index (χ1n) is 4.31. The summed E-state index contributed by atoms with van der Waals surface area (Å²) in [5.41, 5.74) is 0. The lowest BCUT2D eigenvalue weighted by Gasteiger charge is -2.38. The highest BCUT2D eigenvalue weighted by atomic mass is 16.2. The van der Waals surface area contributed by atoms with Crippen molar-refractivity contribution in [3.63, 3.8) is 0 Å². The Kier molecular flexibility index (Phi) is 2.88. The van der Waals surface area contributed by atoms with E-state index in [-0.39, 0.29) is 11.9 Å². The second-order valence-electron chi connectivity index (χ2n) is 2.83. The van der Waals surface area contributed by atoms with Crippen LogP contribution in [0.3, 0.4) is 0 Å². The third-order valence-electron chi connectivity index (χ3n) is 2.19.